The first-order valence-corrected chi connectivity index (χ1v) is 3.07. The molecule has 10 heavy (non-hydrogen) atoms. The van der Waals surface area contributed by atoms with Crippen molar-refractivity contribution in [1.82, 2.24) is 0 Å². The smallest absolute Gasteiger partial charge is 0.748 e. The van der Waals surface area contributed by atoms with E-state index in [2.05, 4.69) is 0 Å². The minimum atomic E-state index is -3.91. The van der Waals surface area contributed by atoms with E-state index < -0.39 is 10.1 Å². The average molecular weight is 176 g/mol. The second-order valence-electron chi connectivity index (χ2n) is 0.846. The Balaban J connectivity index is -0.0000000208. The van der Waals surface area contributed by atoms with Gasteiger partial charge in [0.25, 0.3) is 0 Å². The van der Waals surface area contributed by atoms with E-state index in [1.807, 2.05) is 0 Å². The fraction of sp³-hybridized carbons (Fsp3) is 1.00. The van der Waals surface area contributed by atoms with Crippen LogP contribution in [0.15, 0.2) is 0 Å². The van der Waals surface area contributed by atoms with Gasteiger partial charge in [-0.3, -0.25) is 14.1 Å². The predicted molar refractivity (Wildman–Crippen MR) is 27.7 cm³/mol. The predicted octanol–water partition coefficient (Wildman–Crippen LogP) is -2.99. The summed E-state index contributed by atoms with van der Waals surface area (Å²) in [5.74, 6) is -0.312. The summed E-state index contributed by atoms with van der Waals surface area (Å²) in [4.78, 5) is 0. The SMILES string of the molecule is CCS(=O)(=O)[O-].F.F.F.[Li+]. The van der Waals surface area contributed by atoms with Crippen molar-refractivity contribution in [3.63, 3.8) is 0 Å². The van der Waals surface area contributed by atoms with Gasteiger partial charge >= 0.3 is 18.9 Å². The molecule has 0 aromatic heterocycles. The second kappa shape index (κ2) is 12.0. The summed E-state index contributed by atoms with van der Waals surface area (Å²) in [5, 5.41) is 0. The Bertz CT molecular complexity index is 124. The standard InChI is InChI=1S/C2H6O3S.3FH.Li/c1-2-6(3,4)5;;;;/h2H2,1H3,(H,3,4,5);3*1H;/q;;;;+1/p-1. The Morgan fingerprint density at radius 1 is 1.20 bits per heavy atom. The van der Waals surface area contributed by atoms with Crippen LogP contribution >= 0.6 is 0 Å². The zero-order chi connectivity index (χ0) is 5.21. The van der Waals surface area contributed by atoms with Gasteiger partial charge in [-0.25, -0.2) is 8.42 Å². The molecule has 0 aromatic carbocycles. The fourth-order valence-electron chi connectivity index (χ4n) is 0. The van der Waals surface area contributed by atoms with Crippen LogP contribution in [-0.4, -0.2) is 18.7 Å². The Kier molecular flexibility index (Phi) is 38.1. The van der Waals surface area contributed by atoms with Crippen LogP contribution in [0.25, 0.3) is 0 Å². The molecule has 0 amide bonds. The summed E-state index contributed by atoms with van der Waals surface area (Å²) in [6.45, 7) is 1.31. The molecule has 8 heteroatoms. The van der Waals surface area contributed by atoms with Crippen LogP contribution in [0.4, 0.5) is 14.1 Å². The van der Waals surface area contributed by atoms with Crippen molar-refractivity contribution in [2.75, 3.05) is 5.75 Å². The molecule has 0 fully saturated rings. The number of hydrogen-bond acceptors (Lipinski definition) is 3. The van der Waals surface area contributed by atoms with Crippen LogP contribution in [0.1, 0.15) is 6.92 Å². The molecule has 0 aromatic rings. The molecular weight excluding hydrogens is 168 g/mol. The Hall–Kier alpha value is 0.297. The fourth-order valence-corrected chi connectivity index (χ4v) is 0. The van der Waals surface area contributed by atoms with E-state index in [0.29, 0.717) is 0 Å². The molecule has 0 saturated carbocycles. The molecule has 62 valence electrons. The van der Waals surface area contributed by atoms with E-state index in [4.69, 9.17) is 0 Å². The van der Waals surface area contributed by atoms with Crippen LogP contribution in [0.3, 0.4) is 0 Å². The monoisotopic (exact) mass is 176 g/mol. The number of halogens is 3. The summed E-state index contributed by atoms with van der Waals surface area (Å²) < 4.78 is 28.3. The Morgan fingerprint density at radius 2 is 1.30 bits per heavy atom. The zero-order valence-electron chi connectivity index (χ0n) is 5.56. The molecule has 0 aliphatic carbocycles. The van der Waals surface area contributed by atoms with Gasteiger partial charge in [-0.2, -0.15) is 0 Å². The third-order valence-corrected chi connectivity index (χ3v) is 1.06. The van der Waals surface area contributed by atoms with Crippen molar-refractivity contribution in [2.24, 2.45) is 0 Å². The van der Waals surface area contributed by atoms with Gasteiger partial charge in [0.2, 0.25) is 0 Å². The van der Waals surface area contributed by atoms with Gasteiger partial charge in [0.05, 0.1) is 10.1 Å². The molecule has 0 heterocycles. The first-order chi connectivity index (χ1) is 2.56. The molecule has 0 saturated heterocycles. The van der Waals surface area contributed by atoms with Crippen molar-refractivity contribution < 1.29 is 45.9 Å². The Morgan fingerprint density at radius 3 is 1.30 bits per heavy atom. The van der Waals surface area contributed by atoms with Crippen molar-refractivity contribution in [1.29, 1.82) is 0 Å². The largest absolute Gasteiger partial charge is 1.00 e. The van der Waals surface area contributed by atoms with Crippen molar-refractivity contribution >= 4 is 10.1 Å². The van der Waals surface area contributed by atoms with Gasteiger partial charge < -0.3 is 4.55 Å². The quantitative estimate of drug-likeness (QED) is 0.316. The molecule has 0 radical (unpaired) electrons. The maximum Gasteiger partial charge on any atom is 1.00 e. The van der Waals surface area contributed by atoms with E-state index in [1.165, 1.54) is 6.92 Å². The van der Waals surface area contributed by atoms with Crippen LogP contribution in [0.5, 0.6) is 0 Å². The normalized spacial score (nSPS) is 7.00. The van der Waals surface area contributed by atoms with Crippen molar-refractivity contribution in [2.45, 2.75) is 6.92 Å². The van der Waals surface area contributed by atoms with E-state index in [1.54, 1.807) is 0 Å². The van der Waals surface area contributed by atoms with Gasteiger partial charge in [-0.1, -0.05) is 6.92 Å². The van der Waals surface area contributed by atoms with E-state index in [0.717, 1.165) is 0 Å². The maximum absolute atomic E-state index is 9.44. The molecule has 0 atom stereocenters. The summed E-state index contributed by atoms with van der Waals surface area (Å²) in [5.41, 5.74) is 0. The van der Waals surface area contributed by atoms with E-state index >= 15 is 0 Å². The molecule has 0 N–H and O–H groups in total. The summed E-state index contributed by atoms with van der Waals surface area (Å²) >= 11 is 0. The van der Waals surface area contributed by atoms with Gasteiger partial charge in [0, 0.05) is 5.75 Å². The summed E-state index contributed by atoms with van der Waals surface area (Å²) in [6, 6.07) is 0. The molecule has 0 aliphatic rings. The van der Waals surface area contributed by atoms with E-state index in [9.17, 15) is 13.0 Å². The molecule has 0 aliphatic heterocycles. The van der Waals surface area contributed by atoms with Gasteiger partial charge in [0.15, 0.2) is 0 Å². The molecule has 0 unspecified atom stereocenters. The van der Waals surface area contributed by atoms with Gasteiger partial charge in [-0.15, -0.1) is 0 Å². The Labute approximate surface area is 69.2 Å². The molecule has 0 rings (SSSR count). The molecular formula is C2H8F3LiO3S. The first-order valence-electron chi connectivity index (χ1n) is 1.50. The van der Waals surface area contributed by atoms with Gasteiger partial charge in [0.1, 0.15) is 0 Å². The average Bonchev–Trinajstić information content (AvgIpc) is 1.35. The van der Waals surface area contributed by atoms with Crippen LogP contribution in [0.2, 0.25) is 0 Å². The number of hydrogen-bond donors (Lipinski definition) is 0. The van der Waals surface area contributed by atoms with Crippen molar-refractivity contribution in [3.05, 3.63) is 0 Å². The summed E-state index contributed by atoms with van der Waals surface area (Å²) in [6.07, 6.45) is 0. The minimum Gasteiger partial charge on any atom is -0.748 e. The molecule has 0 spiro atoms. The van der Waals surface area contributed by atoms with E-state index in [-0.39, 0.29) is 38.7 Å². The molecule has 3 nitrogen and oxygen atoms in total. The van der Waals surface area contributed by atoms with Crippen LogP contribution < -0.4 is 18.9 Å². The van der Waals surface area contributed by atoms with Crippen LogP contribution in [0, 0.1) is 0 Å². The topological polar surface area (TPSA) is 57.2 Å². The third kappa shape index (κ3) is 40.6. The van der Waals surface area contributed by atoms with Crippen LogP contribution in [-0.2, 0) is 10.1 Å². The minimum absolute atomic E-state index is 0. The second-order valence-corrected chi connectivity index (χ2v) is 2.54. The first kappa shape index (κ1) is 31.7. The zero-order valence-corrected chi connectivity index (χ0v) is 6.38. The third-order valence-electron chi connectivity index (χ3n) is 0.354. The number of rotatable bonds is 1. The van der Waals surface area contributed by atoms with Gasteiger partial charge in [-0.05, 0) is 0 Å². The molecule has 0 bridgehead atoms. The summed E-state index contributed by atoms with van der Waals surface area (Å²) in [7, 11) is -3.91. The van der Waals surface area contributed by atoms with Crippen molar-refractivity contribution in [3.8, 4) is 0 Å². The maximum atomic E-state index is 9.44.